The van der Waals surface area contributed by atoms with E-state index in [1.165, 1.54) is 6.20 Å². The Balaban J connectivity index is 1.50. The third-order valence-electron chi connectivity index (χ3n) is 6.59. The molecule has 2 saturated carbocycles. The first kappa shape index (κ1) is 19.1. The summed E-state index contributed by atoms with van der Waals surface area (Å²) in [6.07, 6.45) is 6.12. The van der Waals surface area contributed by atoms with Crippen LogP contribution in [0.5, 0.6) is 0 Å². The lowest BCUT2D eigenvalue weighted by molar-refractivity contribution is 0.491. The molecule has 2 fully saturated rings. The Labute approximate surface area is 188 Å². The van der Waals surface area contributed by atoms with Crippen LogP contribution >= 0.6 is 11.6 Å². The number of hydrogen-bond acceptors (Lipinski definition) is 7. The fraction of sp³-hybridized carbons (Fsp3) is 0.304. The molecule has 1 unspecified atom stereocenters. The van der Waals surface area contributed by atoms with Crippen LogP contribution in [0.1, 0.15) is 49.5 Å². The van der Waals surface area contributed by atoms with Gasteiger partial charge in [0.1, 0.15) is 23.0 Å². The number of fused-ring (bicyclic) bond motifs is 2. The summed E-state index contributed by atoms with van der Waals surface area (Å²) in [6, 6.07) is 7.49. The highest BCUT2D eigenvalue weighted by molar-refractivity contribution is 6.35. The number of nitrogens with zero attached hydrogens (tertiary/aromatic N) is 5. The normalized spacial score (nSPS) is 21.4. The first-order chi connectivity index (χ1) is 15.5. The van der Waals surface area contributed by atoms with Crippen LogP contribution in [-0.2, 0) is 0 Å². The third kappa shape index (κ3) is 2.62. The Morgan fingerprint density at radius 2 is 2.12 bits per heavy atom. The third-order valence-corrected chi connectivity index (χ3v) is 6.90. The quantitative estimate of drug-likeness (QED) is 0.590. The number of anilines is 2. The number of benzene rings is 1. The standard InChI is InChI=1S/C23H18ClN7O/c24-16-6-3-7-17-18(16)21(32)31(14-4-1-2-5-14)20(28-17)15-8-13-9-23(13,15)30-19-12(10-25)11-27-22(26)29-19/h3,6-7,11,14H,1-2,4-5,9H2,(H3,26,27,29,30). The summed E-state index contributed by atoms with van der Waals surface area (Å²) < 4.78 is 1.81. The van der Waals surface area contributed by atoms with Crippen molar-refractivity contribution in [2.75, 3.05) is 11.1 Å². The second-order valence-electron chi connectivity index (χ2n) is 8.47. The Bertz CT molecular complexity index is 1490. The molecule has 3 aliphatic rings. The molecular formula is C23H18ClN7O. The van der Waals surface area contributed by atoms with Gasteiger partial charge in [-0.1, -0.05) is 30.5 Å². The number of hydrogen-bond donors (Lipinski definition) is 2. The topological polar surface area (TPSA) is 123 Å². The number of nitrogens with two attached hydrogens (primary N) is 1. The molecule has 9 heteroatoms. The molecule has 2 heterocycles. The lowest BCUT2D eigenvalue weighted by Gasteiger charge is -2.27. The number of nitriles is 1. The first-order valence-electron chi connectivity index (χ1n) is 10.5. The van der Waals surface area contributed by atoms with E-state index in [1.807, 2.05) is 4.57 Å². The summed E-state index contributed by atoms with van der Waals surface area (Å²) >= 11 is 6.39. The zero-order chi connectivity index (χ0) is 22.0. The lowest BCUT2D eigenvalue weighted by atomic mass is 9.96. The maximum Gasteiger partial charge on any atom is 0.263 e. The second-order valence-corrected chi connectivity index (χ2v) is 8.88. The molecule has 0 spiro atoms. The molecule has 0 radical (unpaired) electrons. The summed E-state index contributed by atoms with van der Waals surface area (Å²) in [7, 11) is 0. The van der Waals surface area contributed by atoms with E-state index in [2.05, 4.69) is 27.1 Å². The molecule has 0 saturated heterocycles. The summed E-state index contributed by atoms with van der Waals surface area (Å²) in [5.41, 5.74) is 11.2. The van der Waals surface area contributed by atoms with Gasteiger partial charge in [-0.3, -0.25) is 9.36 Å². The van der Waals surface area contributed by atoms with Gasteiger partial charge in [-0.2, -0.15) is 10.2 Å². The molecule has 1 aromatic carbocycles. The van der Waals surface area contributed by atoms with Crippen molar-refractivity contribution in [1.29, 1.82) is 5.26 Å². The van der Waals surface area contributed by atoms with E-state index in [1.54, 1.807) is 18.2 Å². The average molecular weight is 444 g/mol. The summed E-state index contributed by atoms with van der Waals surface area (Å²) in [5, 5.41) is 13.7. The predicted molar refractivity (Wildman–Crippen MR) is 121 cm³/mol. The van der Waals surface area contributed by atoms with Gasteiger partial charge in [0.25, 0.3) is 5.56 Å². The van der Waals surface area contributed by atoms with Gasteiger partial charge < -0.3 is 11.1 Å². The van der Waals surface area contributed by atoms with E-state index in [0.717, 1.165) is 36.8 Å². The van der Waals surface area contributed by atoms with E-state index >= 15 is 0 Å². The SMILES string of the molecule is N#Cc1cnc(N)nc1NC12CC1=C=C2c1nc2cccc(Cl)c2c(=O)n1C1CCCC1. The van der Waals surface area contributed by atoms with Crippen molar-refractivity contribution in [2.24, 2.45) is 0 Å². The number of halogens is 1. The largest absolute Gasteiger partial charge is 0.368 e. The van der Waals surface area contributed by atoms with Gasteiger partial charge >= 0.3 is 0 Å². The van der Waals surface area contributed by atoms with E-state index in [-0.39, 0.29) is 17.5 Å². The van der Waals surface area contributed by atoms with Crippen LogP contribution in [0.2, 0.25) is 5.02 Å². The highest BCUT2D eigenvalue weighted by Crippen LogP contribution is 2.59. The lowest BCUT2D eigenvalue weighted by Crippen LogP contribution is -2.35. The first-order valence-corrected chi connectivity index (χ1v) is 10.9. The van der Waals surface area contributed by atoms with E-state index < -0.39 is 5.54 Å². The van der Waals surface area contributed by atoms with Crippen molar-refractivity contribution in [2.45, 2.75) is 43.7 Å². The fourth-order valence-corrected chi connectivity index (χ4v) is 5.14. The minimum atomic E-state index is -0.543. The minimum absolute atomic E-state index is 0.0733. The van der Waals surface area contributed by atoms with Gasteiger partial charge in [0.2, 0.25) is 5.95 Å². The molecule has 3 aliphatic carbocycles. The van der Waals surface area contributed by atoms with Gasteiger partial charge in [0.05, 0.1) is 27.7 Å². The molecule has 8 nitrogen and oxygen atoms in total. The fourth-order valence-electron chi connectivity index (χ4n) is 4.89. The number of nitrogen functional groups attached to an aromatic ring is 1. The van der Waals surface area contributed by atoms with Crippen LogP contribution in [0.25, 0.3) is 16.5 Å². The molecule has 1 atom stereocenters. The van der Waals surface area contributed by atoms with Crippen LogP contribution in [0.4, 0.5) is 11.8 Å². The van der Waals surface area contributed by atoms with Crippen LogP contribution < -0.4 is 16.6 Å². The number of nitrogens with one attached hydrogen (secondary N) is 1. The van der Waals surface area contributed by atoms with Crippen LogP contribution in [0.3, 0.4) is 0 Å². The molecule has 0 bridgehead atoms. The Hall–Kier alpha value is -3.66. The summed E-state index contributed by atoms with van der Waals surface area (Å²) in [5.74, 6) is 1.05. The maximum absolute atomic E-state index is 13.6. The molecule has 6 rings (SSSR count). The molecular weight excluding hydrogens is 426 g/mol. The van der Waals surface area contributed by atoms with Gasteiger partial charge in [0, 0.05) is 18.0 Å². The molecule has 3 aromatic rings. The van der Waals surface area contributed by atoms with Gasteiger partial charge in [0.15, 0.2) is 5.82 Å². The highest BCUT2D eigenvalue weighted by Gasteiger charge is 2.60. The molecule has 2 aromatic heterocycles. The van der Waals surface area contributed by atoms with Crippen molar-refractivity contribution in [3.63, 3.8) is 0 Å². The van der Waals surface area contributed by atoms with Gasteiger partial charge in [-0.25, -0.2) is 9.97 Å². The molecule has 3 N–H and O–H groups in total. The Morgan fingerprint density at radius 1 is 1.31 bits per heavy atom. The van der Waals surface area contributed by atoms with Crippen LogP contribution in [0, 0.1) is 11.3 Å². The molecule has 0 amide bonds. The van der Waals surface area contributed by atoms with Crippen LogP contribution in [0.15, 0.2) is 40.5 Å². The van der Waals surface area contributed by atoms with Crippen molar-refractivity contribution in [3.8, 4) is 6.07 Å². The zero-order valence-corrected chi connectivity index (χ0v) is 17.8. The van der Waals surface area contributed by atoms with Crippen molar-refractivity contribution in [1.82, 2.24) is 19.5 Å². The number of rotatable bonds is 4. The highest BCUT2D eigenvalue weighted by atomic mass is 35.5. The monoisotopic (exact) mass is 443 g/mol. The van der Waals surface area contributed by atoms with Gasteiger partial charge in [-0.15, -0.1) is 5.73 Å². The van der Waals surface area contributed by atoms with Crippen molar-refractivity contribution < 1.29 is 0 Å². The van der Waals surface area contributed by atoms with E-state index in [4.69, 9.17) is 22.3 Å². The Morgan fingerprint density at radius 3 is 2.84 bits per heavy atom. The maximum atomic E-state index is 13.6. The summed E-state index contributed by atoms with van der Waals surface area (Å²) in [4.78, 5) is 26.6. The second kappa shape index (κ2) is 6.67. The van der Waals surface area contributed by atoms with Crippen LogP contribution in [-0.4, -0.2) is 25.1 Å². The van der Waals surface area contributed by atoms with E-state index in [0.29, 0.717) is 39.6 Å². The summed E-state index contributed by atoms with van der Waals surface area (Å²) in [6.45, 7) is 0. The molecule has 32 heavy (non-hydrogen) atoms. The van der Waals surface area contributed by atoms with Crippen molar-refractivity contribution in [3.05, 3.63) is 62.5 Å². The average Bonchev–Trinajstić information content (AvgIpc) is 3.11. The van der Waals surface area contributed by atoms with Gasteiger partial charge in [-0.05, 0) is 25.0 Å². The van der Waals surface area contributed by atoms with Crippen molar-refractivity contribution >= 4 is 39.8 Å². The van der Waals surface area contributed by atoms with E-state index in [9.17, 15) is 10.1 Å². The Kier molecular flexibility index (Phi) is 3.97. The predicted octanol–water partition coefficient (Wildman–Crippen LogP) is 3.59. The zero-order valence-electron chi connectivity index (χ0n) is 17.0. The molecule has 158 valence electrons. The number of aromatic nitrogens is 4. The minimum Gasteiger partial charge on any atom is -0.368 e. The molecule has 0 aliphatic heterocycles. The smallest absolute Gasteiger partial charge is 0.263 e.